The summed E-state index contributed by atoms with van der Waals surface area (Å²) in [6, 6.07) is 0. The van der Waals surface area contributed by atoms with Crippen LogP contribution in [0, 0.1) is 0 Å². The lowest BCUT2D eigenvalue weighted by Crippen LogP contribution is -1.74. The van der Waals surface area contributed by atoms with E-state index < -0.39 is 0 Å². The van der Waals surface area contributed by atoms with Gasteiger partial charge in [-0.2, -0.15) is 0 Å². The minimum atomic E-state index is 0.846. The van der Waals surface area contributed by atoms with Gasteiger partial charge in [-0.25, -0.2) is 0 Å². The maximum absolute atomic E-state index is 5.32. The van der Waals surface area contributed by atoms with E-state index in [-0.39, 0.29) is 0 Å². The predicted molar refractivity (Wildman–Crippen MR) is 29.1 cm³/mol. The van der Waals surface area contributed by atoms with E-state index in [0.717, 1.165) is 25.2 Å². The second-order valence-corrected chi connectivity index (χ2v) is 1.75. The van der Waals surface area contributed by atoms with Crippen LogP contribution < -0.4 is 0 Å². The highest BCUT2D eigenvalue weighted by atomic mass is 35.5. The molecule has 0 amide bonds. The molecule has 0 unspecified atom stereocenters. The van der Waals surface area contributed by atoms with Crippen LogP contribution in [0.15, 0.2) is 11.3 Å². The number of ether oxygens (including phenoxy) is 1. The summed E-state index contributed by atoms with van der Waals surface area (Å²) in [5, 5.41) is 0. The van der Waals surface area contributed by atoms with Crippen molar-refractivity contribution in [2.75, 3.05) is 6.61 Å². The maximum Gasteiger partial charge on any atom is 0.107 e. The monoisotopic (exact) mass is 118 g/mol. The summed E-state index contributed by atoms with van der Waals surface area (Å²) in [6.07, 6.45) is 2.14. The van der Waals surface area contributed by atoms with Crippen molar-refractivity contribution in [2.24, 2.45) is 0 Å². The minimum Gasteiger partial charge on any atom is -0.497 e. The molecule has 0 bridgehead atoms. The van der Waals surface area contributed by atoms with Gasteiger partial charge >= 0.3 is 0 Å². The molecule has 1 aliphatic rings. The van der Waals surface area contributed by atoms with Crippen molar-refractivity contribution in [3.8, 4) is 0 Å². The predicted octanol–water partition coefficient (Wildman–Crippen LogP) is 1.88. The molecule has 2 heteroatoms. The van der Waals surface area contributed by atoms with Crippen LogP contribution in [0.25, 0.3) is 0 Å². The van der Waals surface area contributed by atoms with Crippen LogP contribution in [0.3, 0.4) is 0 Å². The zero-order valence-corrected chi connectivity index (χ0v) is 4.74. The van der Waals surface area contributed by atoms with Gasteiger partial charge in [-0.3, -0.25) is 0 Å². The second-order valence-electron chi connectivity index (χ2n) is 1.53. The molecule has 40 valence electrons. The topological polar surface area (TPSA) is 9.23 Å². The lowest BCUT2D eigenvalue weighted by molar-refractivity contribution is 0.264. The van der Waals surface area contributed by atoms with Crippen LogP contribution in [0.1, 0.15) is 12.8 Å². The van der Waals surface area contributed by atoms with E-state index in [1.807, 2.05) is 0 Å². The van der Waals surface area contributed by atoms with Crippen LogP contribution in [0.4, 0.5) is 0 Å². The third-order valence-electron chi connectivity index (χ3n) is 0.977. The van der Waals surface area contributed by atoms with E-state index >= 15 is 0 Å². The largest absolute Gasteiger partial charge is 0.497 e. The zero-order chi connectivity index (χ0) is 5.11. The van der Waals surface area contributed by atoms with Crippen LogP contribution in [0.2, 0.25) is 0 Å². The van der Waals surface area contributed by atoms with Crippen molar-refractivity contribution in [1.82, 2.24) is 0 Å². The standard InChI is InChI=1S/C5H7ClO/c6-4-5-2-1-3-7-5/h4H,1-3H2. The molecule has 1 heterocycles. The zero-order valence-electron chi connectivity index (χ0n) is 3.98. The molecule has 0 N–H and O–H groups in total. The summed E-state index contributed by atoms with van der Waals surface area (Å²) in [6.45, 7) is 0.846. The summed E-state index contributed by atoms with van der Waals surface area (Å²) < 4.78 is 5.03. The van der Waals surface area contributed by atoms with E-state index in [9.17, 15) is 0 Å². The Balaban J connectivity index is 2.41. The maximum atomic E-state index is 5.32. The Kier molecular flexibility index (Phi) is 1.58. The third kappa shape index (κ3) is 1.10. The smallest absolute Gasteiger partial charge is 0.107 e. The Bertz CT molecular complexity index is 80.1. The van der Waals surface area contributed by atoms with Gasteiger partial charge in [0.05, 0.1) is 6.61 Å². The van der Waals surface area contributed by atoms with Crippen molar-refractivity contribution in [3.63, 3.8) is 0 Å². The van der Waals surface area contributed by atoms with Crippen LogP contribution in [0.5, 0.6) is 0 Å². The fourth-order valence-corrected chi connectivity index (χ4v) is 0.780. The summed E-state index contributed by atoms with van der Waals surface area (Å²) >= 11 is 5.32. The molecule has 1 aliphatic heterocycles. The summed E-state index contributed by atoms with van der Waals surface area (Å²) in [7, 11) is 0. The molecule has 0 aromatic carbocycles. The van der Waals surface area contributed by atoms with Crippen molar-refractivity contribution < 1.29 is 4.74 Å². The highest BCUT2D eigenvalue weighted by Gasteiger charge is 2.04. The second kappa shape index (κ2) is 2.22. The highest BCUT2D eigenvalue weighted by Crippen LogP contribution is 2.15. The lowest BCUT2D eigenvalue weighted by Gasteiger charge is -1.90. The molecule has 1 fully saturated rings. The molecule has 1 nitrogen and oxygen atoms in total. The van der Waals surface area contributed by atoms with Gasteiger partial charge in [0.2, 0.25) is 0 Å². The van der Waals surface area contributed by atoms with Crippen LogP contribution in [-0.4, -0.2) is 6.61 Å². The van der Waals surface area contributed by atoms with Gasteiger partial charge in [0.1, 0.15) is 5.76 Å². The van der Waals surface area contributed by atoms with E-state index in [1.54, 1.807) is 0 Å². The first-order chi connectivity index (χ1) is 3.43. The Labute approximate surface area is 47.9 Å². The minimum absolute atomic E-state index is 0.846. The number of hydrogen-bond donors (Lipinski definition) is 0. The Morgan fingerprint density at radius 3 is 2.86 bits per heavy atom. The van der Waals surface area contributed by atoms with Gasteiger partial charge in [-0.15, -0.1) is 0 Å². The first kappa shape index (κ1) is 4.98. The quantitative estimate of drug-likeness (QED) is 0.472. The Morgan fingerprint density at radius 2 is 2.57 bits per heavy atom. The van der Waals surface area contributed by atoms with Gasteiger partial charge < -0.3 is 4.74 Å². The van der Waals surface area contributed by atoms with Gasteiger partial charge in [-0.1, -0.05) is 11.6 Å². The molecule has 1 saturated heterocycles. The molecule has 0 radical (unpaired) electrons. The number of halogens is 1. The molecule has 7 heavy (non-hydrogen) atoms. The highest BCUT2D eigenvalue weighted by molar-refractivity contribution is 6.25. The molecule has 0 aromatic heterocycles. The summed E-state index contributed by atoms with van der Waals surface area (Å²) in [4.78, 5) is 0. The Morgan fingerprint density at radius 1 is 1.71 bits per heavy atom. The summed E-state index contributed by atoms with van der Waals surface area (Å²) in [5.74, 6) is 0.932. The number of allylic oxidation sites excluding steroid dienone is 1. The van der Waals surface area contributed by atoms with Crippen molar-refractivity contribution in [2.45, 2.75) is 12.8 Å². The van der Waals surface area contributed by atoms with Gasteiger partial charge in [0, 0.05) is 12.0 Å². The molecule has 0 aromatic rings. The van der Waals surface area contributed by atoms with Crippen LogP contribution in [-0.2, 0) is 4.74 Å². The molecule has 0 saturated carbocycles. The lowest BCUT2D eigenvalue weighted by atomic mass is 10.3. The van der Waals surface area contributed by atoms with Gasteiger partial charge in [-0.05, 0) is 6.42 Å². The summed E-state index contributed by atoms with van der Waals surface area (Å²) in [5.41, 5.74) is 1.51. The van der Waals surface area contributed by atoms with Crippen molar-refractivity contribution in [1.29, 1.82) is 0 Å². The molecular formula is C5H7ClO. The normalized spacial score (nSPS) is 25.6. The third-order valence-corrected chi connectivity index (χ3v) is 1.22. The van der Waals surface area contributed by atoms with Crippen molar-refractivity contribution in [3.05, 3.63) is 11.3 Å². The molecule has 0 aliphatic carbocycles. The fourth-order valence-electron chi connectivity index (χ4n) is 0.608. The average Bonchev–Trinajstić information content (AvgIpc) is 2.14. The molecule has 0 spiro atoms. The Hall–Kier alpha value is -0.170. The van der Waals surface area contributed by atoms with Crippen LogP contribution >= 0.6 is 11.6 Å². The van der Waals surface area contributed by atoms with Gasteiger partial charge in [0.25, 0.3) is 0 Å². The molecular weight excluding hydrogens is 112 g/mol. The fraction of sp³-hybridized carbons (Fsp3) is 0.600. The first-order valence-corrected chi connectivity index (χ1v) is 2.79. The molecule has 1 rings (SSSR count). The van der Waals surface area contributed by atoms with Crippen molar-refractivity contribution >= 4 is 11.6 Å². The van der Waals surface area contributed by atoms with E-state index in [0.29, 0.717) is 0 Å². The number of hydrogen-bond acceptors (Lipinski definition) is 1. The molecule has 0 atom stereocenters. The van der Waals surface area contributed by atoms with E-state index in [1.165, 1.54) is 5.54 Å². The van der Waals surface area contributed by atoms with E-state index in [2.05, 4.69) is 0 Å². The number of rotatable bonds is 0. The van der Waals surface area contributed by atoms with Gasteiger partial charge in [0.15, 0.2) is 0 Å². The first-order valence-electron chi connectivity index (χ1n) is 2.35. The average molecular weight is 119 g/mol. The SMILES string of the molecule is ClC=C1CCCO1. The van der Waals surface area contributed by atoms with E-state index in [4.69, 9.17) is 16.3 Å².